The van der Waals surface area contributed by atoms with E-state index in [1.165, 1.54) is 4.90 Å². The number of carbonyl (C=O) groups is 1. The van der Waals surface area contributed by atoms with Gasteiger partial charge >= 0.3 is 12.3 Å². The number of aromatic nitrogens is 3. The number of aromatic amines is 2. The number of piperazine rings is 1. The molecule has 3 aromatic rings. The van der Waals surface area contributed by atoms with Gasteiger partial charge in [0.2, 0.25) is 10.0 Å². The number of halogens is 3. The molecule has 1 aromatic carbocycles. The molecule has 0 radical (unpaired) electrons. The average molecular weight is 521 g/mol. The van der Waals surface area contributed by atoms with Gasteiger partial charge in [0.05, 0.1) is 4.90 Å². The van der Waals surface area contributed by atoms with Crippen LogP contribution in [0.2, 0.25) is 0 Å². The summed E-state index contributed by atoms with van der Waals surface area (Å²) in [4.78, 5) is 40.8. The summed E-state index contributed by atoms with van der Waals surface area (Å²) in [5.74, 6) is -2.10. The van der Waals surface area contributed by atoms with Crippen molar-refractivity contribution in [1.82, 2.24) is 19.5 Å². The number of carboxylic acids is 1. The number of fused-ring (bicyclic) bond motifs is 1. The number of ether oxygens (including phenoxy) is 1. The van der Waals surface area contributed by atoms with Gasteiger partial charge in [0.25, 0.3) is 11.1 Å². The molecule has 12 nitrogen and oxygen atoms in total. The minimum Gasteiger partial charge on any atom is -0.480 e. The van der Waals surface area contributed by atoms with Gasteiger partial charge in [0.1, 0.15) is 16.5 Å². The Balaban J connectivity index is 1.61. The van der Waals surface area contributed by atoms with Crippen molar-refractivity contribution in [3.05, 3.63) is 45.0 Å². The highest BCUT2D eigenvalue weighted by molar-refractivity contribution is 7.89. The van der Waals surface area contributed by atoms with Crippen LogP contribution in [-0.2, 0) is 14.8 Å². The van der Waals surface area contributed by atoms with Crippen molar-refractivity contribution in [1.29, 1.82) is 0 Å². The van der Waals surface area contributed by atoms with Crippen LogP contribution in [-0.4, -0.2) is 71.0 Å². The average Bonchev–Trinajstić information content (AvgIpc) is 3.22. The Morgan fingerprint density at radius 3 is 2.38 bits per heavy atom. The van der Waals surface area contributed by atoms with E-state index < -0.39 is 50.2 Å². The second kappa shape index (κ2) is 8.41. The van der Waals surface area contributed by atoms with E-state index in [1.807, 2.05) is 0 Å². The topological polar surface area (TPSA) is 166 Å². The predicted octanol–water partition coefficient (Wildman–Crippen LogP) is 0.536. The Hall–Kier alpha value is -3.44. The number of nitrogens with one attached hydrogen (secondary N) is 2. The zero-order chi connectivity index (χ0) is 24.8. The van der Waals surface area contributed by atoms with Crippen molar-refractivity contribution in [3.8, 4) is 5.75 Å². The van der Waals surface area contributed by atoms with Crippen molar-refractivity contribution in [2.24, 2.45) is 0 Å². The lowest BCUT2D eigenvalue weighted by molar-refractivity contribution is -0.274. The van der Waals surface area contributed by atoms with Crippen molar-refractivity contribution in [2.75, 3.05) is 24.5 Å². The van der Waals surface area contributed by atoms with Gasteiger partial charge < -0.3 is 14.7 Å². The van der Waals surface area contributed by atoms with E-state index in [-0.39, 0.29) is 35.0 Å². The first-order valence-electron chi connectivity index (χ1n) is 9.34. The van der Waals surface area contributed by atoms with Crippen molar-refractivity contribution >= 4 is 42.7 Å². The van der Waals surface area contributed by atoms with Crippen molar-refractivity contribution in [2.45, 2.75) is 17.3 Å². The third kappa shape index (κ3) is 4.48. The number of sulfonamides is 1. The molecule has 3 N–H and O–H groups in total. The maximum atomic E-state index is 13.0. The first-order chi connectivity index (χ1) is 15.9. The van der Waals surface area contributed by atoms with Gasteiger partial charge in [-0.25, -0.2) is 13.4 Å². The van der Waals surface area contributed by atoms with Crippen LogP contribution in [0.3, 0.4) is 0 Å². The highest BCUT2D eigenvalue weighted by Crippen LogP contribution is 2.30. The molecule has 0 amide bonds. The van der Waals surface area contributed by atoms with E-state index in [4.69, 9.17) is 0 Å². The highest BCUT2D eigenvalue weighted by Gasteiger charge is 2.41. The molecule has 1 aliphatic rings. The molecule has 0 unspecified atom stereocenters. The number of benzene rings is 1. The Bertz CT molecular complexity index is 1420. The Kier molecular flexibility index (Phi) is 5.86. The fourth-order valence-corrected chi connectivity index (χ4v) is 5.92. The van der Waals surface area contributed by atoms with E-state index in [0.29, 0.717) is 0 Å². The van der Waals surface area contributed by atoms with Gasteiger partial charge in [-0.3, -0.25) is 24.6 Å². The van der Waals surface area contributed by atoms with Gasteiger partial charge in [0.15, 0.2) is 10.6 Å². The lowest BCUT2D eigenvalue weighted by Gasteiger charge is -2.38. The summed E-state index contributed by atoms with van der Waals surface area (Å²) in [5, 5.41) is 14.1. The molecule has 0 aliphatic carbocycles. The second-order valence-electron chi connectivity index (χ2n) is 7.02. The van der Waals surface area contributed by atoms with E-state index in [2.05, 4.69) is 19.9 Å². The molecule has 1 saturated heterocycles. The first kappa shape index (κ1) is 23.7. The summed E-state index contributed by atoms with van der Waals surface area (Å²) in [6.45, 7) is -0.671. The summed E-state index contributed by atoms with van der Waals surface area (Å²) >= 11 is 0.854. The lowest BCUT2D eigenvalue weighted by Crippen LogP contribution is -2.58. The molecule has 0 spiro atoms. The number of hydrogen-bond donors (Lipinski definition) is 3. The van der Waals surface area contributed by atoms with E-state index in [0.717, 1.165) is 39.9 Å². The van der Waals surface area contributed by atoms with Gasteiger partial charge in [-0.05, 0) is 24.3 Å². The van der Waals surface area contributed by atoms with Crippen molar-refractivity contribution in [3.63, 3.8) is 0 Å². The van der Waals surface area contributed by atoms with Gasteiger partial charge in [0, 0.05) is 19.6 Å². The summed E-state index contributed by atoms with van der Waals surface area (Å²) in [6.07, 6.45) is -4.96. The Labute approximate surface area is 191 Å². The quantitative estimate of drug-likeness (QED) is 0.434. The monoisotopic (exact) mass is 521 g/mol. The van der Waals surface area contributed by atoms with E-state index >= 15 is 0 Å². The SMILES string of the molecule is O=C(O)[C@H]1CN(c2nc3c(=O)[nH][nH]c(=O)c3s2)CCN1S(=O)(=O)c1ccc(OC(F)(F)F)cc1. The van der Waals surface area contributed by atoms with Crippen LogP contribution in [0.15, 0.2) is 38.8 Å². The van der Waals surface area contributed by atoms with Gasteiger partial charge in [-0.2, -0.15) is 4.31 Å². The van der Waals surface area contributed by atoms with Crippen LogP contribution >= 0.6 is 11.3 Å². The Morgan fingerprint density at radius 2 is 1.79 bits per heavy atom. The van der Waals surface area contributed by atoms with Gasteiger partial charge in [-0.1, -0.05) is 11.3 Å². The number of thiazole rings is 1. The molecule has 2 aromatic heterocycles. The molecule has 4 rings (SSSR count). The third-order valence-corrected chi connectivity index (χ3v) is 7.91. The van der Waals surface area contributed by atoms with Crippen LogP contribution < -0.4 is 20.8 Å². The molecule has 1 atom stereocenters. The number of carboxylic acid groups (broad SMARTS) is 1. The molecular formula is C17H14F3N5O7S2. The van der Waals surface area contributed by atoms with Crippen molar-refractivity contribution < 1.29 is 36.2 Å². The van der Waals surface area contributed by atoms with Crippen LogP contribution in [0.5, 0.6) is 5.75 Å². The molecule has 3 heterocycles. The number of aliphatic carboxylic acids is 1. The second-order valence-corrected chi connectivity index (χ2v) is 9.89. The lowest BCUT2D eigenvalue weighted by atomic mass is 10.2. The molecular weight excluding hydrogens is 507 g/mol. The fourth-order valence-electron chi connectivity index (χ4n) is 3.36. The fraction of sp³-hybridized carbons (Fsp3) is 0.294. The zero-order valence-electron chi connectivity index (χ0n) is 16.7. The molecule has 34 heavy (non-hydrogen) atoms. The molecule has 0 saturated carbocycles. The summed E-state index contributed by atoms with van der Waals surface area (Å²) in [5.41, 5.74) is -1.37. The maximum Gasteiger partial charge on any atom is 0.573 e. The minimum atomic E-state index is -4.96. The first-order valence-corrected chi connectivity index (χ1v) is 11.6. The zero-order valence-corrected chi connectivity index (χ0v) is 18.3. The number of rotatable bonds is 5. The number of H-pyrrole nitrogens is 2. The number of hydrogen-bond acceptors (Lipinski definition) is 9. The highest BCUT2D eigenvalue weighted by atomic mass is 32.2. The largest absolute Gasteiger partial charge is 0.573 e. The number of anilines is 1. The maximum absolute atomic E-state index is 13.0. The summed E-state index contributed by atoms with van der Waals surface area (Å²) in [7, 11) is -4.40. The standard InChI is InChI=1S/C17H14F3N5O7S2/c18-17(19,20)32-8-1-3-9(4-2-8)34(30,31)25-6-5-24(7-10(25)15(28)29)16-21-11-12(33-16)14(27)23-22-13(11)26/h1-4,10H,5-7H2,(H,22,26)(H,23,27)(H,28,29)/t10-/m1/s1. The number of alkyl halides is 3. The normalized spacial score (nSPS) is 17.7. The van der Waals surface area contributed by atoms with E-state index in [9.17, 15) is 41.1 Å². The Morgan fingerprint density at radius 1 is 1.15 bits per heavy atom. The molecule has 17 heteroatoms. The summed E-state index contributed by atoms with van der Waals surface area (Å²) < 4.78 is 67.6. The predicted molar refractivity (Wildman–Crippen MR) is 112 cm³/mol. The van der Waals surface area contributed by atoms with E-state index in [1.54, 1.807) is 0 Å². The molecule has 1 aliphatic heterocycles. The summed E-state index contributed by atoms with van der Waals surface area (Å²) in [6, 6.07) is 1.81. The van der Waals surface area contributed by atoms with Crippen LogP contribution in [0, 0.1) is 0 Å². The van der Waals surface area contributed by atoms with Gasteiger partial charge in [-0.15, -0.1) is 13.2 Å². The molecule has 1 fully saturated rings. The minimum absolute atomic E-state index is 0.0199. The van der Waals surface area contributed by atoms with Crippen LogP contribution in [0.4, 0.5) is 18.3 Å². The third-order valence-electron chi connectivity index (χ3n) is 4.88. The molecule has 182 valence electrons. The smallest absolute Gasteiger partial charge is 0.480 e. The van der Waals surface area contributed by atoms with Crippen LogP contribution in [0.1, 0.15) is 0 Å². The molecule has 0 bridgehead atoms. The number of nitrogens with zero attached hydrogens (tertiary/aromatic N) is 3. The van der Waals surface area contributed by atoms with Crippen LogP contribution in [0.25, 0.3) is 10.2 Å².